The van der Waals surface area contributed by atoms with E-state index in [0.29, 0.717) is 25.2 Å². The molecule has 5 nitrogen and oxygen atoms in total. The van der Waals surface area contributed by atoms with E-state index in [1.165, 1.54) is 5.57 Å². The zero-order valence-corrected chi connectivity index (χ0v) is 22.6. The standard InChI is InChI=1S/C30H46O5/c1-18-9-14-30(24(33)34)16-15-27(4)19(23(30)29(18,6)35)7-8-21-25(2)12-11-22(32)26(3,17-31)20(25)10-13-28(21,27)5/h7,18,20-21,23,31,35H,8-17H2,1-6H3,(H,33,34)/t18-,20+,21-,23+,25+,26-,27-,28-,29-,30+/m1/s1. The van der Waals surface area contributed by atoms with Crippen molar-refractivity contribution in [1.29, 1.82) is 0 Å². The van der Waals surface area contributed by atoms with E-state index < -0.39 is 22.4 Å². The van der Waals surface area contributed by atoms with Crippen LogP contribution in [0.3, 0.4) is 0 Å². The predicted molar refractivity (Wildman–Crippen MR) is 134 cm³/mol. The third kappa shape index (κ3) is 2.83. The fraction of sp³-hybridized carbons (Fsp3) is 0.867. The Morgan fingerprint density at radius 1 is 1.00 bits per heavy atom. The highest BCUT2D eigenvalue weighted by Gasteiger charge is 2.71. The average Bonchev–Trinajstić information content (AvgIpc) is 2.79. The van der Waals surface area contributed by atoms with Crippen LogP contribution in [0.4, 0.5) is 0 Å². The zero-order chi connectivity index (χ0) is 25.8. The highest BCUT2D eigenvalue weighted by atomic mass is 16.4. The van der Waals surface area contributed by atoms with Gasteiger partial charge in [-0.1, -0.05) is 46.3 Å². The van der Waals surface area contributed by atoms with Crippen LogP contribution >= 0.6 is 0 Å². The Morgan fingerprint density at radius 3 is 2.31 bits per heavy atom. The van der Waals surface area contributed by atoms with E-state index in [9.17, 15) is 24.9 Å². The minimum absolute atomic E-state index is 0.0412. The third-order valence-electron chi connectivity index (χ3n) is 13.4. The molecule has 196 valence electrons. The van der Waals surface area contributed by atoms with Gasteiger partial charge in [0.25, 0.3) is 0 Å². The van der Waals surface area contributed by atoms with Gasteiger partial charge in [0.1, 0.15) is 5.78 Å². The second-order valence-corrected chi connectivity index (χ2v) is 14.4. The SMILES string of the molecule is C[C@@H]1CC[C@]2(C(=O)O)CC[C@]3(C)C(=CC[C@@H]4[C@@]5(C)CCC(=O)[C@](C)(CO)[C@H]5CC[C@]43C)[C@H]2[C@]1(C)O. The molecule has 4 fully saturated rings. The summed E-state index contributed by atoms with van der Waals surface area (Å²) in [5.74, 6) is -0.321. The lowest BCUT2D eigenvalue weighted by Gasteiger charge is -2.71. The molecular formula is C30H46O5. The van der Waals surface area contributed by atoms with Gasteiger partial charge >= 0.3 is 5.97 Å². The zero-order valence-electron chi connectivity index (χ0n) is 22.6. The molecule has 10 atom stereocenters. The van der Waals surface area contributed by atoms with Crippen LogP contribution in [-0.2, 0) is 9.59 Å². The molecule has 0 saturated heterocycles. The van der Waals surface area contributed by atoms with Crippen molar-refractivity contribution in [3.8, 4) is 0 Å². The van der Waals surface area contributed by atoms with Gasteiger partial charge < -0.3 is 15.3 Å². The van der Waals surface area contributed by atoms with E-state index in [0.717, 1.165) is 38.5 Å². The number of fused-ring (bicyclic) bond motifs is 7. The first kappa shape index (κ1) is 25.4. The van der Waals surface area contributed by atoms with E-state index in [1.54, 1.807) is 0 Å². The maximum atomic E-state index is 13.0. The summed E-state index contributed by atoms with van der Waals surface area (Å²) in [5.41, 5.74) is -1.70. The Morgan fingerprint density at radius 2 is 1.69 bits per heavy atom. The number of carboxylic acid groups (broad SMARTS) is 1. The van der Waals surface area contributed by atoms with Crippen molar-refractivity contribution in [2.45, 2.75) is 105 Å². The van der Waals surface area contributed by atoms with Gasteiger partial charge in [-0.05, 0) is 92.3 Å². The largest absolute Gasteiger partial charge is 0.481 e. The van der Waals surface area contributed by atoms with Crippen molar-refractivity contribution in [2.75, 3.05) is 6.61 Å². The molecule has 35 heavy (non-hydrogen) atoms. The highest BCUT2D eigenvalue weighted by molar-refractivity contribution is 5.86. The molecule has 0 amide bonds. The van der Waals surface area contributed by atoms with E-state index in [2.05, 4.69) is 33.8 Å². The molecule has 0 aromatic rings. The summed E-state index contributed by atoms with van der Waals surface area (Å²) in [5, 5.41) is 32.8. The second kappa shape index (κ2) is 7.43. The molecule has 5 rings (SSSR count). The summed E-state index contributed by atoms with van der Waals surface area (Å²) < 4.78 is 0. The number of Topliss-reactive ketones (excluding diaryl/α,β-unsaturated/α-hetero) is 1. The molecule has 0 spiro atoms. The molecule has 4 saturated carbocycles. The fourth-order valence-electron chi connectivity index (χ4n) is 10.7. The van der Waals surface area contributed by atoms with Crippen LogP contribution in [0.5, 0.6) is 0 Å². The van der Waals surface area contributed by atoms with Crippen molar-refractivity contribution in [3.05, 3.63) is 11.6 Å². The Bertz CT molecular complexity index is 983. The summed E-state index contributed by atoms with van der Waals surface area (Å²) in [6.07, 6.45) is 9.29. The van der Waals surface area contributed by atoms with Crippen LogP contribution in [0.25, 0.3) is 0 Å². The van der Waals surface area contributed by atoms with Gasteiger partial charge in [-0.3, -0.25) is 9.59 Å². The molecular weight excluding hydrogens is 440 g/mol. The number of carbonyl (C=O) groups is 2. The van der Waals surface area contributed by atoms with Crippen LogP contribution in [0.15, 0.2) is 11.6 Å². The van der Waals surface area contributed by atoms with Gasteiger partial charge in [-0.2, -0.15) is 0 Å². The number of carboxylic acids is 1. The summed E-state index contributed by atoms with van der Waals surface area (Å²) in [6.45, 7) is 13.0. The molecule has 3 N–H and O–H groups in total. The molecule has 5 aliphatic carbocycles. The van der Waals surface area contributed by atoms with E-state index >= 15 is 0 Å². The molecule has 0 aliphatic heterocycles. The number of hydrogen-bond donors (Lipinski definition) is 3. The Balaban J connectivity index is 1.64. The monoisotopic (exact) mass is 486 g/mol. The summed E-state index contributed by atoms with van der Waals surface area (Å²) in [4.78, 5) is 25.8. The van der Waals surface area contributed by atoms with Crippen LogP contribution in [-0.4, -0.2) is 39.3 Å². The van der Waals surface area contributed by atoms with Crippen LogP contribution in [0.1, 0.15) is 99.3 Å². The van der Waals surface area contributed by atoms with Gasteiger partial charge in [0.15, 0.2) is 0 Å². The number of ketones is 1. The van der Waals surface area contributed by atoms with Crippen molar-refractivity contribution in [1.82, 2.24) is 0 Å². The lowest BCUT2D eigenvalue weighted by Crippen LogP contribution is -2.67. The average molecular weight is 487 g/mol. The molecule has 5 heteroatoms. The number of hydrogen-bond acceptors (Lipinski definition) is 4. The first-order valence-electron chi connectivity index (χ1n) is 14.0. The number of aliphatic hydroxyl groups is 2. The lowest BCUT2D eigenvalue weighted by atomic mass is 9.33. The van der Waals surface area contributed by atoms with Gasteiger partial charge in [0, 0.05) is 12.3 Å². The topological polar surface area (TPSA) is 94.8 Å². The Kier molecular flexibility index (Phi) is 5.40. The molecule has 0 aromatic carbocycles. The van der Waals surface area contributed by atoms with Gasteiger partial charge in [-0.25, -0.2) is 0 Å². The normalized spacial score (nSPS) is 55.7. The lowest BCUT2D eigenvalue weighted by molar-refractivity contribution is -0.209. The summed E-state index contributed by atoms with van der Waals surface area (Å²) >= 11 is 0. The number of allylic oxidation sites excluding steroid dienone is 1. The summed E-state index contributed by atoms with van der Waals surface area (Å²) in [7, 11) is 0. The minimum atomic E-state index is -1.05. The number of aliphatic hydroxyl groups excluding tert-OH is 1. The highest BCUT2D eigenvalue weighted by Crippen LogP contribution is 2.75. The number of carbonyl (C=O) groups excluding carboxylic acids is 1. The molecule has 0 aromatic heterocycles. The smallest absolute Gasteiger partial charge is 0.310 e. The van der Waals surface area contributed by atoms with Gasteiger partial charge in [-0.15, -0.1) is 0 Å². The van der Waals surface area contributed by atoms with E-state index in [-0.39, 0.29) is 46.4 Å². The van der Waals surface area contributed by atoms with E-state index in [1.807, 2.05) is 13.8 Å². The third-order valence-corrected chi connectivity index (χ3v) is 13.4. The summed E-state index contributed by atoms with van der Waals surface area (Å²) in [6, 6.07) is 0. The van der Waals surface area contributed by atoms with Crippen molar-refractivity contribution >= 4 is 11.8 Å². The van der Waals surface area contributed by atoms with Crippen molar-refractivity contribution in [2.24, 2.45) is 50.7 Å². The second-order valence-electron chi connectivity index (χ2n) is 14.4. The number of aliphatic carboxylic acids is 1. The Labute approximate surface area is 210 Å². The maximum absolute atomic E-state index is 13.0. The van der Waals surface area contributed by atoms with Crippen LogP contribution in [0.2, 0.25) is 0 Å². The fourth-order valence-corrected chi connectivity index (χ4v) is 10.7. The minimum Gasteiger partial charge on any atom is -0.481 e. The van der Waals surface area contributed by atoms with Crippen molar-refractivity contribution < 1.29 is 24.9 Å². The molecule has 0 unspecified atom stereocenters. The van der Waals surface area contributed by atoms with Gasteiger partial charge in [0.2, 0.25) is 0 Å². The molecule has 5 aliphatic rings. The first-order valence-corrected chi connectivity index (χ1v) is 14.0. The predicted octanol–water partition coefficient (Wildman–Crippen LogP) is 5.39. The Hall–Kier alpha value is -1.20. The molecule has 0 radical (unpaired) electrons. The van der Waals surface area contributed by atoms with Crippen molar-refractivity contribution in [3.63, 3.8) is 0 Å². The quantitative estimate of drug-likeness (QED) is 0.455. The maximum Gasteiger partial charge on any atom is 0.310 e. The molecule has 0 heterocycles. The first-order chi connectivity index (χ1) is 16.1. The van der Waals surface area contributed by atoms with Crippen LogP contribution < -0.4 is 0 Å². The van der Waals surface area contributed by atoms with E-state index in [4.69, 9.17) is 0 Å². The molecule has 0 bridgehead atoms. The van der Waals surface area contributed by atoms with Crippen LogP contribution in [0, 0.1) is 50.7 Å². The van der Waals surface area contributed by atoms with Gasteiger partial charge in [0.05, 0.1) is 23.0 Å². The number of rotatable bonds is 2.